The summed E-state index contributed by atoms with van der Waals surface area (Å²) in [4.78, 5) is 2.28. The first-order valence-electron chi connectivity index (χ1n) is 6.80. The lowest BCUT2D eigenvalue weighted by molar-refractivity contribution is 0.262. The predicted molar refractivity (Wildman–Crippen MR) is 81.6 cm³/mol. The Morgan fingerprint density at radius 2 is 2.24 bits per heavy atom. The van der Waals surface area contributed by atoms with Gasteiger partial charge in [-0.25, -0.2) is 8.42 Å². The van der Waals surface area contributed by atoms with E-state index in [1.54, 1.807) is 0 Å². The van der Waals surface area contributed by atoms with Crippen molar-refractivity contribution in [2.24, 2.45) is 0 Å². The fourth-order valence-electron chi connectivity index (χ4n) is 2.45. The summed E-state index contributed by atoms with van der Waals surface area (Å²) in [5.41, 5.74) is 0.180. The average molecular weight is 328 g/mol. The van der Waals surface area contributed by atoms with Crippen LogP contribution in [0.4, 0.5) is 0 Å². The van der Waals surface area contributed by atoms with Crippen LogP contribution in [-0.2, 0) is 10.0 Å². The van der Waals surface area contributed by atoms with E-state index in [4.69, 9.17) is 16.9 Å². The van der Waals surface area contributed by atoms with Crippen molar-refractivity contribution >= 4 is 21.6 Å². The molecule has 0 N–H and O–H groups in total. The maximum Gasteiger partial charge on any atom is 0.243 e. The van der Waals surface area contributed by atoms with Gasteiger partial charge in [-0.3, -0.25) is 0 Å². The van der Waals surface area contributed by atoms with Crippen LogP contribution in [0.2, 0.25) is 5.02 Å². The molecule has 5 nitrogen and oxygen atoms in total. The van der Waals surface area contributed by atoms with E-state index in [9.17, 15) is 8.42 Å². The topological polar surface area (TPSA) is 64.4 Å². The van der Waals surface area contributed by atoms with Crippen molar-refractivity contribution in [2.75, 3.05) is 26.7 Å². The third-order valence-electron chi connectivity index (χ3n) is 3.94. The van der Waals surface area contributed by atoms with Crippen LogP contribution in [0.15, 0.2) is 23.1 Å². The van der Waals surface area contributed by atoms with Gasteiger partial charge >= 0.3 is 0 Å². The van der Waals surface area contributed by atoms with E-state index in [1.807, 2.05) is 13.1 Å². The van der Waals surface area contributed by atoms with Crippen LogP contribution < -0.4 is 0 Å². The van der Waals surface area contributed by atoms with Crippen molar-refractivity contribution in [1.29, 1.82) is 5.26 Å². The molecule has 1 aromatic rings. The number of halogens is 1. The molecule has 0 saturated carbocycles. The first kappa shape index (κ1) is 16.2. The molecule has 21 heavy (non-hydrogen) atoms. The van der Waals surface area contributed by atoms with Crippen LogP contribution >= 0.6 is 11.6 Å². The lowest BCUT2D eigenvalue weighted by atomic mass is 10.2. The average Bonchev–Trinajstić information content (AvgIpc) is 2.97. The Morgan fingerprint density at radius 3 is 2.86 bits per heavy atom. The monoisotopic (exact) mass is 327 g/mol. The van der Waals surface area contributed by atoms with Crippen LogP contribution in [0.25, 0.3) is 0 Å². The van der Waals surface area contributed by atoms with Crippen molar-refractivity contribution < 1.29 is 8.42 Å². The maximum atomic E-state index is 12.6. The fraction of sp³-hybridized carbons (Fsp3) is 0.500. The second-order valence-corrected chi connectivity index (χ2v) is 7.48. The number of sulfonamides is 1. The molecule has 0 spiro atoms. The molecule has 1 aliphatic rings. The maximum absolute atomic E-state index is 12.6. The largest absolute Gasteiger partial charge is 0.302 e. The second-order valence-electron chi connectivity index (χ2n) is 5.13. The third kappa shape index (κ3) is 3.22. The van der Waals surface area contributed by atoms with Gasteiger partial charge in [0.25, 0.3) is 0 Å². The molecule has 2 rings (SSSR count). The standard InChI is InChI=1S/C14H18ClN3O2S/c1-3-17(2)12-6-7-18(10-12)21(19,20)13-4-5-14(15)11(8-13)9-16/h4-5,8,12H,3,6-7,10H2,1-2H3/t12-/m0/s1. The van der Waals surface area contributed by atoms with E-state index >= 15 is 0 Å². The van der Waals surface area contributed by atoms with Gasteiger partial charge in [0.2, 0.25) is 10.0 Å². The smallest absolute Gasteiger partial charge is 0.243 e. The molecule has 0 radical (unpaired) electrons. The number of likely N-dealkylation sites (N-methyl/N-ethyl adjacent to an activating group) is 1. The second kappa shape index (κ2) is 6.32. The van der Waals surface area contributed by atoms with E-state index in [-0.39, 0.29) is 21.5 Å². The summed E-state index contributed by atoms with van der Waals surface area (Å²) in [7, 11) is -1.57. The first-order chi connectivity index (χ1) is 9.90. The summed E-state index contributed by atoms with van der Waals surface area (Å²) in [5.74, 6) is 0. The summed E-state index contributed by atoms with van der Waals surface area (Å²) < 4.78 is 26.7. The minimum absolute atomic E-state index is 0.128. The van der Waals surface area contributed by atoms with Crippen molar-refractivity contribution in [3.63, 3.8) is 0 Å². The highest BCUT2D eigenvalue weighted by atomic mass is 35.5. The highest BCUT2D eigenvalue weighted by molar-refractivity contribution is 7.89. The van der Waals surface area contributed by atoms with Crippen LogP contribution in [-0.4, -0.2) is 50.3 Å². The summed E-state index contributed by atoms with van der Waals surface area (Å²) in [6.07, 6.45) is 0.822. The number of hydrogen-bond donors (Lipinski definition) is 0. The molecule has 1 aromatic carbocycles. The van der Waals surface area contributed by atoms with Gasteiger partial charge in [0.15, 0.2) is 0 Å². The highest BCUT2D eigenvalue weighted by Crippen LogP contribution is 2.26. The Bertz CT molecular complexity index is 669. The quantitative estimate of drug-likeness (QED) is 0.847. The Labute approximate surface area is 130 Å². The minimum Gasteiger partial charge on any atom is -0.302 e. The van der Waals surface area contributed by atoms with Crippen molar-refractivity contribution in [3.05, 3.63) is 28.8 Å². The van der Waals surface area contributed by atoms with E-state index in [1.165, 1.54) is 22.5 Å². The lowest BCUT2D eigenvalue weighted by Crippen LogP contribution is -2.36. The molecule has 0 amide bonds. The Hall–Kier alpha value is -1.13. The van der Waals surface area contributed by atoms with Gasteiger partial charge in [0.05, 0.1) is 15.5 Å². The van der Waals surface area contributed by atoms with Crippen molar-refractivity contribution in [3.8, 4) is 6.07 Å². The van der Waals surface area contributed by atoms with E-state index < -0.39 is 10.0 Å². The van der Waals surface area contributed by atoms with Gasteiger partial charge < -0.3 is 4.90 Å². The van der Waals surface area contributed by atoms with Gasteiger partial charge in [-0.15, -0.1) is 0 Å². The Balaban J connectivity index is 2.26. The number of hydrogen-bond acceptors (Lipinski definition) is 4. The molecule has 1 heterocycles. The van der Waals surface area contributed by atoms with Gasteiger partial charge in [0.1, 0.15) is 6.07 Å². The van der Waals surface area contributed by atoms with Crippen LogP contribution in [0.3, 0.4) is 0 Å². The molecule has 1 fully saturated rings. The molecule has 0 unspecified atom stereocenters. The van der Waals surface area contributed by atoms with Gasteiger partial charge in [-0.05, 0) is 38.2 Å². The van der Waals surface area contributed by atoms with Crippen LogP contribution in [0.1, 0.15) is 18.9 Å². The molecule has 1 aliphatic heterocycles. The first-order valence-corrected chi connectivity index (χ1v) is 8.62. The Morgan fingerprint density at radius 1 is 1.52 bits per heavy atom. The molecule has 0 bridgehead atoms. The highest BCUT2D eigenvalue weighted by Gasteiger charge is 2.34. The number of rotatable bonds is 4. The zero-order chi connectivity index (χ0) is 15.6. The van der Waals surface area contributed by atoms with Gasteiger partial charge in [0, 0.05) is 19.1 Å². The molecular formula is C14H18ClN3O2S. The van der Waals surface area contributed by atoms with Gasteiger partial charge in [-0.2, -0.15) is 9.57 Å². The normalized spacial score (nSPS) is 19.9. The molecule has 1 saturated heterocycles. The number of benzene rings is 1. The zero-order valence-electron chi connectivity index (χ0n) is 12.1. The molecule has 114 valence electrons. The van der Waals surface area contributed by atoms with Crippen LogP contribution in [0.5, 0.6) is 0 Å². The summed E-state index contributed by atoms with van der Waals surface area (Å²) in [6.45, 7) is 3.92. The lowest BCUT2D eigenvalue weighted by Gasteiger charge is -2.23. The van der Waals surface area contributed by atoms with E-state index in [0.29, 0.717) is 13.1 Å². The molecule has 7 heteroatoms. The zero-order valence-corrected chi connectivity index (χ0v) is 13.7. The fourth-order valence-corrected chi connectivity index (χ4v) is 4.13. The number of nitriles is 1. The molecule has 0 aliphatic carbocycles. The van der Waals surface area contributed by atoms with Crippen molar-refractivity contribution in [2.45, 2.75) is 24.3 Å². The molecule has 1 atom stereocenters. The molecule has 0 aromatic heterocycles. The van der Waals surface area contributed by atoms with Crippen LogP contribution in [0, 0.1) is 11.3 Å². The molecular weight excluding hydrogens is 310 g/mol. The van der Waals surface area contributed by atoms with E-state index in [0.717, 1.165) is 13.0 Å². The summed E-state index contributed by atoms with van der Waals surface area (Å²) in [5, 5.41) is 9.24. The minimum atomic E-state index is -3.57. The third-order valence-corrected chi connectivity index (χ3v) is 6.14. The number of nitrogens with zero attached hydrogens (tertiary/aromatic N) is 3. The summed E-state index contributed by atoms with van der Waals surface area (Å²) >= 11 is 5.85. The summed E-state index contributed by atoms with van der Waals surface area (Å²) in [6, 6.07) is 6.41. The van der Waals surface area contributed by atoms with Gasteiger partial charge in [-0.1, -0.05) is 18.5 Å². The predicted octanol–water partition coefficient (Wildman–Crippen LogP) is 1.93. The van der Waals surface area contributed by atoms with E-state index in [2.05, 4.69) is 11.8 Å². The SMILES string of the molecule is CCN(C)[C@H]1CCN(S(=O)(=O)c2ccc(Cl)c(C#N)c2)C1. The Kier molecular flexibility index (Phi) is 4.89. The van der Waals surface area contributed by atoms with Crippen molar-refractivity contribution in [1.82, 2.24) is 9.21 Å².